The number of hydrogen-bond acceptors (Lipinski definition) is 3. The predicted octanol–water partition coefficient (Wildman–Crippen LogP) is 3.01. The fraction of sp³-hybridized carbons (Fsp3) is 0.235. The van der Waals surface area contributed by atoms with E-state index in [2.05, 4.69) is 0 Å². The summed E-state index contributed by atoms with van der Waals surface area (Å²) in [5, 5.41) is 0. The maximum atomic E-state index is 13.4. The summed E-state index contributed by atoms with van der Waals surface area (Å²) < 4.78 is 36.5. The maximum Gasteiger partial charge on any atom is 0.260 e. The molecule has 6 heteroatoms. The summed E-state index contributed by atoms with van der Waals surface area (Å²) in [6.07, 6.45) is 0. The summed E-state index contributed by atoms with van der Waals surface area (Å²) in [5.74, 6) is -1.32. The molecule has 0 bridgehead atoms. The van der Waals surface area contributed by atoms with Gasteiger partial charge in [-0.2, -0.15) is 0 Å². The predicted molar refractivity (Wildman–Crippen MR) is 81.3 cm³/mol. The second-order valence-corrected chi connectivity index (χ2v) is 4.96. The van der Waals surface area contributed by atoms with Crippen molar-refractivity contribution in [1.82, 2.24) is 4.90 Å². The van der Waals surface area contributed by atoms with Crippen LogP contribution in [0.1, 0.15) is 5.56 Å². The number of amides is 1. The first-order valence-electron chi connectivity index (χ1n) is 6.94. The second kappa shape index (κ2) is 7.58. The molecule has 0 unspecified atom stereocenters. The summed E-state index contributed by atoms with van der Waals surface area (Å²) in [6, 6.07) is 10.3. The average molecular weight is 321 g/mol. The van der Waals surface area contributed by atoms with E-state index in [4.69, 9.17) is 9.47 Å². The highest BCUT2D eigenvalue weighted by Gasteiger charge is 2.12. The molecule has 4 nitrogen and oxygen atoms in total. The highest BCUT2D eigenvalue weighted by atomic mass is 19.1. The third-order valence-electron chi connectivity index (χ3n) is 3.22. The number of halogens is 2. The van der Waals surface area contributed by atoms with Gasteiger partial charge >= 0.3 is 0 Å². The van der Waals surface area contributed by atoms with E-state index in [1.807, 2.05) is 24.3 Å². The number of nitrogens with zero attached hydrogens (tertiary/aromatic N) is 1. The zero-order chi connectivity index (χ0) is 16.8. The third-order valence-corrected chi connectivity index (χ3v) is 3.22. The third kappa shape index (κ3) is 4.67. The quantitative estimate of drug-likeness (QED) is 0.821. The van der Waals surface area contributed by atoms with E-state index in [0.717, 1.165) is 17.7 Å². The van der Waals surface area contributed by atoms with Crippen LogP contribution in [0.3, 0.4) is 0 Å². The zero-order valence-corrected chi connectivity index (χ0v) is 12.9. The Morgan fingerprint density at radius 1 is 1.17 bits per heavy atom. The minimum Gasteiger partial charge on any atom is -0.497 e. The molecule has 0 aliphatic rings. The summed E-state index contributed by atoms with van der Waals surface area (Å²) in [4.78, 5) is 13.5. The fourth-order valence-electron chi connectivity index (χ4n) is 1.97. The van der Waals surface area contributed by atoms with E-state index >= 15 is 0 Å². The number of rotatable bonds is 6. The molecular formula is C17H17F2NO3. The molecule has 0 spiro atoms. The lowest BCUT2D eigenvalue weighted by Gasteiger charge is -2.18. The normalized spacial score (nSPS) is 10.3. The maximum absolute atomic E-state index is 13.4. The first kappa shape index (κ1) is 16.7. The van der Waals surface area contributed by atoms with Crippen molar-refractivity contribution in [1.29, 1.82) is 0 Å². The van der Waals surface area contributed by atoms with Gasteiger partial charge in [-0.3, -0.25) is 4.79 Å². The molecule has 0 atom stereocenters. The Labute approximate surface area is 133 Å². The number of carbonyl (C=O) groups excluding carboxylic acids is 1. The highest BCUT2D eigenvalue weighted by molar-refractivity contribution is 5.77. The molecule has 1 amide bonds. The van der Waals surface area contributed by atoms with Crippen molar-refractivity contribution < 1.29 is 23.0 Å². The standard InChI is InChI=1S/C17H17F2NO3/c1-20(10-12-4-3-5-14(8-12)22-2)17(21)11-23-16-7-6-13(18)9-15(16)19/h3-9H,10-11H2,1-2H3. The molecule has 0 saturated carbocycles. The van der Waals surface area contributed by atoms with Gasteiger partial charge in [0, 0.05) is 19.7 Å². The smallest absolute Gasteiger partial charge is 0.260 e. The molecule has 0 aliphatic carbocycles. The van der Waals surface area contributed by atoms with Gasteiger partial charge in [0.05, 0.1) is 7.11 Å². The van der Waals surface area contributed by atoms with Crippen molar-refractivity contribution in [2.24, 2.45) is 0 Å². The fourth-order valence-corrected chi connectivity index (χ4v) is 1.97. The number of likely N-dealkylation sites (N-methyl/N-ethyl adjacent to an activating group) is 1. The Hall–Kier alpha value is -2.63. The molecular weight excluding hydrogens is 304 g/mol. The number of ether oxygens (including phenoxy) is 2. The van der Waals surface area contributed by atoms with E-state index in [-0.39, 0.29) is 18.3 Å². The van der Waals surface area contributed by atoms with Gasteiger partial charge in [0.1, 0.15) is 11.6 Å². The van der Waals surface area contributed by atoms with Crippen molar-refractivity contribution in [2.75, 3.05) is 20.8 Å². The van der Waals surface area contributed by atoms with Crippen molar-refractivity contribution in [3.05, 3.63) is 59.7 Å². The second-order valence-electron chi connectivity index (χ2n) is 4.96. The van der Waals surface area contributed by atoms with E-state index in [0.29, 0.717) is 18.4 Å². The molecule has 0 radical (unpaired) electrons. The lowest BCUT2D eigenvalue weighted by Crippen LogP contribution is -2.31. The van der Waals surface area contributed by atoms with Crippen molar-refractivity contribution >= 4 is 5.91 Å². The Balaban J connectivity index is 1.91. The minimum absolute atomic E-state index is 0.158. The monoisotopic (exact) mass is 321 g/mol. The Morgan fingerprint density at radius 3 is 2.65 bits per heavy atom. The van der Waals surface area contributed by atoms with Gasteiger partial charge in [-0.05, 0) is 29.8 Å². The van der Waals surface area contributed by atoms with E-state index < -0.39 is 11.6 Å². The van der Waals surface area contributed by atoms with Gasteiger partial charge in [0.25, 0.3) is 5.91 Å². The molecule has 0 heterocycles. The topological polar surface area (TPSA) is 38.8 Å². The molecule has 23 heavy (non-hydrogen) atoms. The summed E-state index contributed by atoms with van der Waals surface area (Å²) in [7, 11) is 3.19. The van der Waals surface area contributed by atoms with Crippen LogP contribution < -0.4 is 9.47 Å². The lowest BCUT2D eigenvalue weighted by atomic mass is 10.2. The summed E-state index contributed by atoms with van der Waals surface area (Å²) in [5.41, 5.74) is 0.896. The van der Waals surface area contributed by atoms with Crippen LogP contribution in [0, 0.1) is 11.6 Å². The first-order valence-corrected chi connectivity index (χ1v) is 6.94. The first-order chi connectivity index (χ1) is 11.0. The van der Waals surface area contributed by atoms with Crippen molar-refractivity contribution in [3.63, 3.8) is 0 Å². The van der Waals surface area contributed by atoms with Crippen molar-refractivity contribution in [3.8, 4) is 11.5 Å². The Kier molecular flexibility index (Phi) is 5.51. The highest BCUT2D eigenvalue weighted by Crippen LogP contribution is 2.18. The minimum atomic E-state index is -0.840. The number of carbonyl (C=O) groups is 1. The molecule has 0 N–H and O–H groups in total. The molecule has 0 aliphatic heterocycles. The molecule has 0 aromatic heterocycles. The largest absolute Gasteiger partial charge is 0.497 e. The summed E-state index contributed by atoms with van der Waals surface area (Å²) in [6.45, 7) is 0.0360. The van der Waals surface area contributed by atoms with E-state index in [1.54, 1.807) is 14.2 Å². The van der Waals surface area contributed by atoms with E-state index in [9.17, 15) is 13.6 Å². The van der Waals surface area contributed by atoms with Gasteiger partial charge in [-0.15, -0.1) is 0 Å². The van der Waals surface area contributed by atoms with Crippen molar-refractivity contribution in [2.45, 2.75) is 6.54 Å². The number of methoxy groups -OCH3 is 1. The number of benzene rings is 2. The molecule has 0 fully saturated rings. The lowest BCUT2D eigenvalue weighted by molar-refractivity contribution is -0.132. The van der Waals surface area contributed by atoms with Crippen LogP contribution in [0.25, 0.3) is 0 Å². The van der Waals surface area contributed by atoms with E-state index in [1.165, 1.54) is 4.90 Å². The van der Waals surface area contributed by atoms with Gasteiger partial charge < -0.3 is 14.4 Å². The van der Waals surface area contributed by atoms with Gasteiger partial charge in [0.15, 0.2) is 18.2 Å². The molecule has 2 rings (SSSR count). The molecule has 2 aromatic carbocycles. The SMILES string of the molecule is COc1cccc(CN(C)C(=O)COc2ccc(F)cc2F)c1. The van der Waals surface area contributed by atoms with Crippen LogP contribution in [-0.4, -0.2) is 31.6 Å². The van der Waals surface area contributed by atoms with Gasteiger partial charge in [0.2, 0.25) is 0 Å². The van der Waals surface area contributed by atoms with Crippen LogP contribution in [0.4, 0.5) is 8.78 Å². The van der Waals surface area contributed by atoms with Crippen LogP contribution in [0.2, 0.25) is 0 Å². The Bertz CT molecular complexity index is 691. The van der Waals surface area contributed by atoms with Gasteiger partial charge in [-0.25, -0.2) is 8.78 Å². The molecule has 122 valence electrons. The van der Waals surface area contributed by atoms with Crippen LogP contribution in [0.15, 0.2) is 42.5 Å². The zero-order valence-electron chi connectivity index (χ0n) is 12.9. The van der Waals surface area contributed by atoms with Crippen LogP contribution in [-0.2, 0) is 11.3 Å². The molecule has 0 saturated heterocycles. The number of hydrogen-bond donors (Lipinski definition) is 0. The Morgan fingerprint density at radius 2 is 1.96 bits per heavy atom. The van der Waals surface area contributed by atoms with Gasteiger partial charge in [-0.1, -0.05) is 12.1 Å². The van der Waals surface area contributed by atoms with Crippen LogP contribution in [0.5, 0.6) is 11.5 Å². The average Bonchev–Trinajstić information content (AvgIpc) is 2.54. The summed E-state index contributed by atoms with van der Waals surface area (Å²) >= 11 is 0. The molecule has 2 aromatic rings. The van der Waals surface area contributed by atoms with Crippen LogP contribution >= 0.6 is 0 Å².